The molecule has 0 bridgehead atoms. The molecular formula is C8H8N2O3S. The predicted octanol–water partition coefficient (Wildman–Crippen LogP) is 0.387. The predicted molar refractivity (Wildman–Crippen MR) is 48.5 cm³/mol. The zero-order valence-corrected chi connectivity index (χ0v) is 8.28. The van der Waals surface area contributed by atoms with Crippen molar-refractivity contribution in [1.29, 1.82) is 5.26 Å². The van der Waals surface area contributed by atoms with Gasteiger partial charge in [-0.15, -0.1) is 0 Å². The first-order chi connectivity index (χ1) is 6.60. The summed E-state index contributed by atoms with van der Waals surface area (Å²) >= 11 is 0. The minimum absolute atomic E-state index is 0.0276. The zero-order valence-electron chi connectivity index (χ0n) is 7.47. The maximum atomic E-state index is 11.3. The highest BCUT2D eigenvalue weighted by Crippen LogP contribution is 2.12. The second-order valence-corrected chi connectivity index (χ2v) is 4.44. The van der Waals surface area contributed by atoms with E-state index in [-0.39, 0.29) is 4.90 Å². The first-order valence-corrected chi connectivity index (χ1v) is 5.35. The molecule has 1 aromatic rings. The largest absolute Gasteiger partial charge is 0.481 e. The monoisotopic (exact) mass is 212 g/mol. The van der Waals surface area contributed by atoms with Crippen molar-refractivity contribution in [2.24, 2.45) is 0 Å². The fourth-order valence-corrected chi connectivity index (χ4v) is 1.67. The lowest BCUT2D eigenvalue weighted by Gasteiger charge is -2.00. The second-order valence-electron chi connectivity index (χ2n) is 2.45. The summed E-state index contributed by atoms with van der Waals surface area (Å²) in [6, 6.07) is 4.38. The van der Waals surface area contributed by atoms with Gasteiger partial charge in [-0.2, -0.15) is 5.26 Å². The molecule has 74 valence electrons. The molecule has 14 heavy (non-hydrogen) atoms. The second kappa shape index (κ2) is 4.07. The minimum Gasteiger partial charge on any atom is -0.481 e. The van der Waals surface area contributed by atoms with Gasteiger partial charge in [-0.3, -0.25) is 0 Å². The Kier molecular flexibility index (Phi) is 3.04. The lowest BCUT2D eigenvalue weighted by molar-refractivity contribution is 0.397. The summed E-state index contributed by atoms with van der Waals surface area (Å²) < 4.78 is 27.4. The van der Waals surface area contributed by atoms with Crippen LogP contribution in [0.1, 0.15) is 0 Å². The molecule has 0 amide bonds. The van der Waals surface area contributed by atoms with Crippen molar-refractivity contribution >= 4 is 9.84 Å². The smallest absolute Gasteiger partial charge is 0.212 e. The van der Waals surface area contributed by atoms with E-state index in [4.69, 9.17) is 10.00 Å². The van der Waals surface area contributed by atoms with Crippen LogP contribution < -0.4 is 4.74 Å². The molecule has 1 heterocycles. The first-order valence-electron chi connectivity index (χ1n) is 3.70. The van der Waals surface area contributed by atoms with Crippen LogP contribution in [-0.4, -0.2) is 26.3 Å². The normalized spacial score (nSPS) is 10.6. The minimum atomic E-state index is -3.51. The molecule has 0 saturated heterocycles. The first kappa shape index (κ1) is 10.5. The van der Waals surface area contributed by atoms with Crippen LogP contribution in [0.5, 0.6) is 5.88 Å². The van der Waals surface area contributed by atoms with E-state index in [9.17, 15) is 8.42 Å². The van der Waals surface area contributed by atoms with Gasteiger partial charge < -0.3 is 4.74 Å². The summed E-state index contributed by atoms with van der Waals surface area (Å²) in [7, 11) is -2.08. The Morgan fingerprint density at radius 1 is 1.57 bits per heavy atom. The lowest BCUT2D eigenvalue weighted by atomic mass is 10.5. The van der Waals surface area contributed by atoms with E-state index in [1.807, 2.05) is 0 Å². The molecule has 6 heteroatoms. The van der Waals surface area contributed by atoms with E-state index in [1.165, 1.54) is 25.4 Å². The third-order valence-corrected chi connectivity index (χ3v) is 3.00. The molecule has 0 aliphatic carbocycles. The number of nitrogens with zero attached hydrogens (tertiary/aromatic N) is 2. The number of nitriles is 1. The van der Waals surface area contributed by atoms with Crippen LogP contribution in [0.15, 0.2) is 23.2 Å². The van der Waals surface area contributed by atoms with E-state index in [2.05, 4.69) is 4.98 Å². The zero-order chi connectivity index (χ0) is 10.6. The molecule has 0 radical (unpaired) electrons. The highest BCUT2D eigenvalue weighted by Gasteiger charge is 2.13. The quantitative estimate of drug-likeness (QED) is 0.723. The molecule has 0 aliphatic rings. The summed E-state index contributed by atoms with van der Waals surface area (Å²) in [5.41, 5.74) is 0. The Bertz CT molecular complexity index is 444. The molecule has 1 aromatic heterocycles. The van der Waals surface area contributed by atoms with Crippen LogP contribution in [0.4, 0.5) is 0 Å². The Hall–Kier alpha value is -1.61. The molecule has 1 rings (SSSR count). The Morgan fingerprint density at radius 3 is 2.71 bits per heavy atom. The van der Waals surface area contributed by atoms with Gasteiger partial charge in [0.25, 0.3) is 0 Å². The van der Waals surface area contributed by atoms with Gasteiger partial charge in [-0.25, -0.2) is 13.4 Å². The van der Waals surface area contributed by atoms with Gasteiger partial charge >= 0.3 is 0 Å². The average molecular weight is 212 g/mol. The molecule has 0 aromatic carbocycles. The van der Waals surface area contributed by atoms with Crippen molar-refractivity contribution in [2.45, 2.75) is 4.90 Å². The van der Waals surface area contributed by atoms with Gasteiger partial charge in [0.15, 0.2) is 9.84 Å². The highest BCUT2D eigenvalue weighted by atomic mass is 32.2. The van der Waals surface area contributed by atoms with Gasteiger partial charge in [-0.05, 0) is 6.07 Å². The molecule has 0 unspecified atom stereocenters. The molecule has 0 atom stereocenters. The van der Waals surface area contributed by atoms with Gasteiger partial charge in [-0.1, -0.05) is 0 Å². The van der Waals surface area contributed by atoms with E-state index < -0.39 is 15.6 Å². The summed E-state index contributed by atoms with van der Waals surface area (Å²) in [6.45, 7) is 0. The third kappa shape index (κ3) is 2.20. The van der Waals surface area contributed by atoms with Crippen molar-refractivity contribution < 1.29 is 13.2 Å². The van der Waals surface area contributed by atoms with Crippen molar-refractivity contribution in [3.63, 3.8) is 0 Å². The molecule has 0 fully saturated rings. The van der Waals surface area contributed by atoms with Crippen LogP contribution in [0.2, 0.25) is 0 Å². The van der Waals surface area contributed by atoms with E-state index in [0.717, 1.165) is 0 Å². The molecule has 0 spiro atoms. The molecule has 5 nitrogen and oxygen atoms in total. The van der Waals surface area contributed by atoms with Crippen LogP contribution >= 0.6 is 0 Å². The Balaban J connectivity index is 3.05. The van der Waals surface area contributed by atoms with Gasteiger partial charge in [0, 0.05) is 12.3 Å². The Labute approximate surface area is 81.9 Å². The van der Waals surface area contributed by atoms with Gasteiger partial charge in [0.05, 0.1) is 18.1 Å². The maximum absolute atomic E-state index is 11.3. The fourth-order valence-electron chi connectivity index (χ4n) is 0.840. The molecule has 0 N–H and O–H groups in total. The van der Waals surface area contributed by atoms with E-state index in [1.54, 1.807) is 6.07 Å². The number of methoxy groups -OCH3 is 1. The number of pyridine rings is 1. The Morgan fingerprint density at radius 2 is 2.29 bits per heavy atom. The SMILES string of the molecule is COc1ccc(S(=O)(=O)CC#N)cn1. The van der Waals surface area contributed by atoms with Crippen LogP contribution in [0.25, 0.3) is 0 Å². The number of rotatable bonds is 3. The third-order valence-electron chi connectivity index (χ3n) is 1.53. The van der Waals surface area contributed by atoms with Crippen molar-refractivity contribution in [2.75, 3.05) is 12.9 Å². The summed E-state index contributed by atoms with van der Waals surface area (Å²) in [4.78, 5) is 3.76. The number of hydrogen-bond donors (Lipinski definition) is 0. The lowest BCUT2D eigenvalue weighted by Crippen LogP contribution is -2.05. The fraction of sp³-hybridized carbons (Fsp3) is 0.250. The number of hydrogen-bond acceptors (Lipinski definition) is 5. The standard InChI is InChI=1S/C8H8N2O3S/c1-13-8-3-2-7(6-10-8)14(11,12)5-4-9/h2-3,6H,5H2,1H3. The van der Waals surface area contributed by atoms with Crippen LogP contribution in [-0.2, 0) is 9.84 Å². The number of aromatic nitrogens is 1. The summed E-state index contributed by atoms with van der Waals surface area (Å²) in [6.07, 6.45) is 1.17. The molecular weight excluding hydrogens is 204 g/mol. The van der Waals surface area contributed by atoms with Crippen molar-refractivity contribution in [3.8, 4) is 11.9 Å². The molecule has 0 aliphatic heterocycles. The topological polar surface area (TPSA) is 80.0 Å². The van der Waals surface area contributed by atoms with Crippen LogP contribution in [0, 0.1) is 11.3 Å². The van der Waals surface area contributed by atoms with Crippen LogP contribution in [0.3, 0.4) is 0 Å². The summed E-state index contributed by atoms with van der Waals surface area (Å²) in [5, 5.41) is 8.29. The average Bonchev–Trinajstić information content (AvgIpc) is 2.18. The van der Waals surface area contributed by atoms with E-state index in [0.29, 0.717) is 5.88 Å². The van der Waals surface area contributed by atoms with Gasteiger partial charge in [0.1, 0.15) is 5.75 Å². The van der Waals surface area contributed by atoms with Crippen molar-refractivity contribution in [1.82, 2.24) is 4.98 Å². The molecule has 0 saturated carbocycles. The van der Waals surface area contributed by atoms with E-state index >= 15 is 0 Å². The number of ether oxygens (including phenoxy) is 1. The van der Waals surface area contributed by atoms with Crippen molar-refractivity contribution in [3.05, 3.63) is 18.3 Å². The summed E-state index contributed by atoms with van der Waals surface area (Å²) in [5.74, 6) is -0.206. The maximum Gasteiger partial charge on any atom is 0.212 e. The highest BCUT2D eigenvalue weighted by molar-refractivity contribution is 7.91. The van der Waals surface area contributed by atoms with Gasteiger partial charge in [0.2, 0.25) is 5.88 Å². The number of sulfone groups is 1.